The maximum atomic E-state index is 11.7. The Balaban J connectivity index is 2.39. The summed E-state index contributed by atoms with van der Waals surface area (Å²) in [5.41, 5.74) is 8.10. The molecule has 0 aromatic heterocycles. The van der Waals surface area contributed by atoms with Crippen molar-refractivity contribution in [3.63, 3.8) is 0 Å². The third-order valence-corrected chi connectivity index (χ3v) is 4.03. The van der Waals surface area contributed by atoms with Crippen LogP contribution in [0.25, 0.3) is 0 Å². The fourth-order valence-electron chi connectivity index (χ4n) is 2.62. The molecule has 0 radical (unpaired) electrons. The fraction of sp³-hybridized carbons (Fsp3) is 0.533. The monoisotopic (exact) mass is 247 g/mol. The van der Waals surface area contributed by atoms with E-state index in [0.29, 0.717) is 0 Å². The number of hydrogen-bond donors (Lipinski definition) is 1. The molecule has 0 spiro atoms. The van der Waals surface area contributed by atoms with Crippen LogP contribution in [-0.4, -0.2) is 11.5 Å². The SMILES string of the molecule is Cc1ccc(C)c(OC2(C(N)=O)CCCC2)c1C. The summed E-state index contributed by atoms with van der Waals surface area (Å²) in [4.78, 5) is 11.7. The topological polar surface area (TPSA) is 52.3 Å². The summed E-state index contributed by atoms with van der Waals surface area (Å²) in [5, 5.41) is 0. The first kappa shape index (κ1) is 12.9. The van der Waals surface area contributed by atoms with Crippen molar-refractivity contribution in [2.75, 3.05) is 0 Å². The Morgan fingerprint density at radius 1 is 1.17 bits per heavy atom. The van der Waals surface area contributed by atoms with Crippen LogP contribution >= 0.6 is 0 Å². The van der Waals surface area contributed by atoms with E-state index < -0.39 is 5.60 Å². The van der Waals surface area contributed by atoms with Gasteiger partial charge in [0.25, 0.3) is 5.91 Å². The van der Waals surface area contributed by atoms with E-state index in [2.05, 4.69) is 6.07 Å². The second-order valence-electron chi connectivity index (χ2n) is 5.32. The van der Waals surface area contributed by atoms with Gasteiger partial charge in [0.2, 0.25) is 0 Å². The maximum absolute atomic E-state index is 11.7. The number of hydrogen-bond acceptors (Lipinski definition) is 2. The van der Waals surface area contributed by atoms with E-state index in [9.17, 15) is 4.79 Å². The summed E-state index contributed by atoms with van der Waals surface area (Å²) in [6, 6.07) is 4.10. The second-order valence-corrected chi connectivity index (χ2v) is 5.32. The van der Waals surface area contributed by atoms with Crippen LogP contribution in [0.2, 0.25) is 0 Å². The molecule has 0 unspecified atom stereocenters. The molecule has 2 rings (SSSR count). The van der Waals surface area contributed by atoms with Gasteiger partial charge in [-0.15, -0.1) is 0 Å². The van der Waals surface area contributed by atoms with Gasteiger partial charge < -0.3 is 10.5 Å². The zero-order valence-electron chi connectivity index (χ0n) is 11.4. The number of carbonyl (C=O) groups excluding carboxylic acids is 1. The third-order valence-electron chi connectivity index (χ3n) is 4.03. The molecule has 98 valence electrons. The smallest absolute Gasteiger partial charge is 0.261 e. The number of benzene rings is 1. The lowest BCUT2D eigenvalue weighted by Crippen LogP contribution is -2.46. The van der Waals surface area contributed by atoms with Gasteiger partial charge >= 0.3 is 0 Å². The van der Waals surface area contributed by atoms with Gasteiger partial charge in [-0.25, -0.2) is 0 Å². The molecule has 0 bridgehead atoms. The summed E-state index contributed by atoms with van der Waals surface area (Å²) < 4.78 is 6.09. The summed E-state index contributed by atoms with van der Waals surface area (Å²) in [6.45, 7) is 6.08. The molecule has 2 N–H and O–H groups in total. The first-order valence-corrected chi connectivity index (χ1v) is 6.52. The molecule has 18 heavy (non-hydrogen) atoms. The number of ether oxygens (including phenoxy) is 1. The first-order chi connectivity index (χ1) is 8.46. The zero-order valence-corrected chi connectivity index (χ0v) is 11.4. The highest BCUT2D eigenvalue weighted by atomic mass is 16.5. The molecule has 0 saturated heterocycles. The van der Waals surface area contributed by atoms with E-state index in [4.69, 9.17) is 10.5 Å². The minimum atomic E-state index is -0.788. The van der Waals surface area contributed by atoms with Gasteiger partial charge in [-0.3, -0.25) is 4.79 Å². The van der Waals surface area contributed by atoms with Crippen molar-refractivity contribution in [2.45, 2.75) is 52.1 Å². The van der Waals surface area contributed by atoms with Crippen molar-refractivity contribution < 1.29 is 9.53 Å². The molecule has 3 nitrogen and oxygen atoms in total. The molecule has 1 aromatic rings. The Morgan fingerprint density at radius 3 is 2.28 bits per heavy atom. The Morgan fingerprint density at radius 2 is 1.72 bits per heavy atom. The highest BCUT2D eigenvalue weighted by Crippen LogP contribution is 2.37. The quantitative estimate of drug-likeness (QED) is 0.893. The van der Waals surface area contributed by atoms with Crippen LogP contribution in [0.5, 0.6) is 5.75 Å². The lowest BCUT2D eigenvalue weighted by Gasteiger charge is -2.29. The molecular weight excluding hydrogens is 226 g/mol. The fourth-order valence-corrected chi connectivity index (χ4v) is 2.62. The molecule has 0 atom stereocenters. The largest absolute Gasteiger partial charge is 0.477 e. The Hall–Kier alpha value is -1.51. The van der Waals surface area contributed by atoms with Crippen LogP contribution in [0, 0.1) is 20.8 Å². The molecule has 1 aliphatic rings. The summed E-state index contributed by atoms with van der Waals surface area (Å²) in [6.07, 6.45) is 3.48. The number of primary amides is 1. The highest BCUT2D eigenvalue weighted by molar-refractivity contribution is 5.84. The molecule has 1 fully saturated rings. The number of amides is 1. The van der Waals surface area contributed by atoms with Crippen LogP contribution in [0.15, 0.2) is 12.1 Å². The van der Waals surface area contributed by atoms with Gasteiger partial charge in [0.1, 0.15) is 5.75 Å². The molecule has 0 aliphatic heterocycles. The summed E-state index contributed by atoms with van der Waals surface area (Å²) in [7, 11) is 0. The van der Waals surface area contributed by atoms with Gasteiger partial charge in [0, 0.05) is 0 Å². The van der Waals surface area contributed by atoms with E-state index in [-0.39, 0.29) is 5.91 Å². The predicted octanol–water partition coefficient (Wildman–Crippen LogP) is 2.79. The lowest BCUT2D eigenvalue weighted by atomic mass is 9.99. The number of aryl methyl sites for hydroxylation is 2. The Bertz CT molecular complexity index is 474. The average molecular weight is 247 g/mol. The average Bonchev–Trinajstić information content (AvgIpc) is 2.80. The molecule has 1 aliphatic carbocycles. The van der Waals surface area contributed by atoms with Gasteiger partial charge in [-0.2, -0.15) is 0 Å². The molecule has 1 amide bonds. The number of carbonyl (C=O) groups is 1. The highest BCUT2D eigenvalue weighted by Gasteiger charge is 2.42. The van der Waals surface area contributed by atoms with Crippen molar-refractivity contribution in [3.05, 3.63) is 28.8 Å². The minimum absolute atomic E-state index is 0.333. The number of rotatable bonds is 3. The standard InChI is InChI=1S/C15H21NO2/c1-10-6-7-11(2)13(12(10)3)18-15(14(16)17)8-4-5-9-15/h6-7H,4-5,8-9H2,1-3H3,(H2,16,17). The van der Waals surface area contributed by atoms with Crippen molar-refractivity contribution in [2.24, 2.45) is 5.73 Å². The Labute approximate surface area is 108 Å². The molecule has 0 heterocycles. The van der Waals surface area contributed by atoms with Crippen molar-refractivity contribution >= 4 is 5.91 Å². The van der Waals surface area contributed by atoms with Gasteiger partial charge in [0.05, 0.1) is 0 Å². The van der Waals surface area contributed by atoms with Gasteiger partial charge in [0.15, 0.2) is 5.60 Å². The maximum Gasteiger partial charge on any atom is 0.261 e. The third kappa shape index (κ3) is 2.09. The molecule has 3 heteroatoms. The van der Waals surface area contributed by atoms with Crippen LogP contribution in [0.3, 0.4) is 0 Å². The van der Waals surface area contributed by atoms with E-state index in [1.54, 1.807) is 0 Å². The van der Waals surface area contributed by atoms with Crippen LogP contribution in [0.4, 0.5) is 0 Å². The summed E-state index contributed by atoms with van der Waals surface area (Å²) >= 11 is 0. The second kappa shape index (κ2) is 4.63. The molecule has 1 aromatic carbocycles. The summed E-state index contributed by atoms with van der Waals surface area (Å²) in [5.74, 6) is 0.496. The van der Waals surface area contributed by atoms with Crippen molar-refractivity contribution in [1.82, 2.24) is 0 Å². The van der Waals surface area contributed by atoms with Gasteiger partial charge in [-0.1, -0.05) is 12.1 Å². The first-order valence-electron chi connectivity index (χ1n) is 6.52. The zero-order chi connectivity index (χ0) is 13.3. The van der Waals surface area contributed by atoms with Crippen molar-refractivity contribution in [3.8, 4) is 5.75 Å². The minimum Gasteiger partial charge on any atom is -0.477 e. The van der Waals surface area contributed by atoms with Crippen LogP contribution in [-0.2, 0) is 4.79 Å². The molecule has 1 saturated carbocycles. The van der Waals surface area contributed by atoms with Crippen LogP contribution in [0.1, 0.15) is 42.4 Å². The predicted molar refractivity (Wildman–Crippen MR) is 71.7 cm³/mol. The van der Waals surface area contributed by atoms with E-state index in [0.717, 1.165) is 42.6 Å². The van der Waals surface area contributed by atoms with E-state index in [1.165, 1.54) is 5.56 Å². The molecular formula is C15H21NO2. The lowest BCUT2D eigenvalue weighted by molar-refractivity contribution is -0.133. The normalized spacial score (nSPS) is 17.7. The van der Waals surface area contributed by atoms with E-state index in [1.807, 2.05) is 26.8 Å². The van der Waals surface area contributed by atoms with Crippen molar-refractivity contribution in [1.29, 1.82) is 0 Å². The van der Waals surface area contributed by atoms with E-state index >= 15 is 0 Å². The number of nitrogens with two attached hydrogens (primary N) is 1. The Kier molecular flexibility index (Phi) is 3.33. The van der Waals surface area contributed by atoms with Gasteiger partial charge in [-0.05, 0) is 63.1 Å². The van der Waals surface area contributed by atoms with Crippen LogP contribution < -0.4 is 10.5 Å².